The normalized spacial score (nSPS) is 13.3. The Hall–Kier alpha value is -1.30. The molecule has 0 saturated carbocycles. The lowest BCUT2D eigenvalue weighted by molar-refractivity contribution is -0.904. The summed E-state index contributed by atoms with van der Waals surface area (Å²) in [5.74, 6) is -0.256. The molecule has 0 spiro atoms. The van der Waals surface area contributed by atoms with Gasteiger partial charge in [0, 0.05) is 11.6 Å². The summed E-state index contributed by atoms with van der Waals surface area (Å²) in [6.45, 7) is 7.09. The van der Waals surface area contributed by atoms with Crippen LogP contribution in [0.3, 0.4) is 0 Å². The third-order valence-electron chi connectivity index (χ3n) is 3.41. The highest BCUT2D eigenvalue weighted by molar-refractivity contribution is 6.36. The molecule has 0 aliphatic carbocycles. The quantitative estimate of drug-likeness (QED) is 0.698. The maximum Gasteiger partial charge on any atom is 0.282 e. The van der Waals surface area contributed by atoms with E-state index in [4.69, 9.17) is 23.2 Å². The van der Waals surface area contributed by atoms with E-state index in [1.807, 2.05) is 13.8 Å². The number of likely N-dealkylation sites (N-methyl/N-ethyl adjacent to an activating group) is 2. The van der Waals surface area contributed by atoms with Crippen molar-refractivity contribution in [2.75, 3.05) is 25.0 Å². The second kappa shape index (κ2) is 8.98. The summed E-state index contributed by atoms with van der Waals surface area (Å²) in [5, 5.41) is 6.41. The number of hydrogen-bond donors (Lipinski definition) is 3. The van der Waals surface area contributed by atoms with Crippen LogP contribution in [0.1, 0.15) is 20.8 Å². The summed E-state index contributed by atoms with van der Waals surface area (Å²) in [6.07, 6.45) is 0. The van der Waals surface area contributed by atoms with Crippen LogP contribution in [-0.2, 0) is 9.59 Å². The average molecular weight is 347 g/mol. The maximum absolute atomic E-state index is 12.3. The standard InChI is InChI=1S/C15H21Cl2N3O2/c1-4-18-14(21)9-20(5-2)10(3)15(22)19-13-7-6-11(16)8-12(13)17/h6-8,10H,4-5,9H2,1-3H3,(H,18,21)(H,19,22)/p+1/t10-/m0/s1. The van der Waals surface area contributed by atoms with Gasteiger partial charge in [-0.1, -0.05) is 23.2 Å². The molecule has 0 aromatic heterocycles. The van der Waals surface area contributed by atoms with Crippen molar-refractivity contribution in [2.45, 2.75) is 26.8 Å². The first-order valence-electron chi connectivity index (χ1n) is 7.26. The molecular weight excluding hydrogens is 325 g/mol. The first-order chi connectivity index (χ1) is 10.4. The van der Waals surface area contributed by atoms with Crippen LogP contribution in [0.25, 0.3) is 0 Å². The minimum absolute atomic E-state index is 0.0662. The molecular formula is C15H22Cl2N3O2+. The first kappa shape index (κ1) is 18.7. The van der Waals surface area contributed by atoms with Crippen LogP contribution in [0.2, 0.25) is 10.0 Å². The number of benzene rings is 1. The number of carbonyl (C=O) groups excluding carboxylic acids is 2. The van der Waals surface area contributed by atoms with Gasteiger partial charge < -0.3 is 15.5 Å². The van der Waals surface area contributed by atoms with E-state index in [-0.39, 0.29) is 24.4 Å². The van der Waals surface area contributed by atoms with Gasteiger partial charge in [-0.25, -0.2) is 0 Å². The van der Waals surface area contributed by atoms with E-state index in [9.17, 15) is 9.59 Å². The zero-order valence-corrected chi connectivity index (χ0v) is 14.5. The number of rotatable bonds is 7. The van der Waals surface area contributed by atoms with Crippen LogP contribution < -0.4 is 15.5 Å². The summed E-state index contributed by atoms with van der Waals surface area (Å²) in [5.41, 5.74) is 0.511. The highest BCUT2D eigenvalue weighted by atomic mass is 35.5. The molecule has 0 bridgehead atoms. The van der Waals surface area contributed by atoms with Crippen molar-refractivity contribution >= 4 is 40.7 Å². The van der Waals surface area contributed by atoms with Crippen molar-refractivity contribution in [3.8, 4) is 0 Å². The molecule has 122 valence electrons. The number of hydrogen-bond acceptors (Lipinski definition) is 2. The number of anilines is 1. The predicted octanol–water partition coefficient (Wildman–Crippen LogP) is 1.36. The van der Waals surface area contributed by atoms with E-state index in [2.05, 4.69) is 10.6 Å². The van der Waals surface area contributed by atoms with Gasteiger partial charge >= 0.3 is 0 Å². The highest BCUT2D eigenvalue weighted by Crippen LogP contribution is 2.25. The van der Waals surface area contributed by atoms with Gasteiger partial charge in [0.05, 0.1) is 17.3 Å². The van der Waals surface area contributed by atoms with E-state index < -0.39 is 0 Å². The van der Waals surface area contributed by atoms with Crippen LogP contribution >= 0.6 is 23.2 Å². The molecule has 0 heterocycles. The fourth-order valence-corrected chi connectivity index (χ4v) is 2.52. The summed E-state index contributed by atoms with van der Waals surface area (Å²) in [4.78, 5) is 24.9. The molecule has 3 N–H and O–H groups in total. The molecule has 1 unspecified atom stereocenters. The molecule has 0 aliphatic heterocycles. The third kappa shape index (κ3) is 5.48. The number of nitrogens with one attached hydrogen (secondary N) is 3. The molecule has 0 saturated heterocycles. The second-order valence-corrected chi connectivity index (χ2v) is 5.82. The van der Waals surface area contributed by atoms with Crippen molar-refractivity contribution < 1.29 is 14.5 Å². The van der Waals surface area contributed by atoms with Crippen molar-refractivity contribution in [1.82, 2.24) is 5.32 Å². The zero-order chi connectivity index (χ0) is 16.7. The first-order valence-corrected chi connectivity index (χ1v) is 8.01. The van der Waals surface area contributed by atoms with Crippen molar-refractivity contribution in [3.63, 3.8) is 0 Å². The van der Waals surface area contributed by atoms with Gasteiger partial charge in [0.25, 0.3) is 11.8 Å². The Morgan fingerprint density at radius 1 is 1.27 bits per heavy atom. The summed E-state index contributed by atoms with van der Waals surface area (Å²) < 4.78 is 0. The molecule has 0 aliphatic rings. The molecule has 2 atom stereocenters. The molecule has 5 nitrogen and oxygen atoms in total. The smallest absolute Gasteiger partial charge is 0.282 e. The average Bonchev–Trinajstić information content (AvgIpc) is 2.47. The topological polar surface area (TPSA) is 62.6 Å². The van der Waals surface area contributed by atoms with Gasteiger partial charge in [-0.15, -0.1) is 0 Å². The SMILES string of the molecule is CCNC(=O)C[NH+](CC)[C@@H](C)C(=O)Nc1ccc(Cl)cc1Cl. The number of halogens is 2. The lowest BCUT2D eigenvalue weighted by atomic mass is 10.2. The van der Waals surface area contributed by atoms with Crippen LogP contribution in [0.15, 0.2) is 18.2 Å². The lowest BCUT2D eigenvalue weighted by Gasteiger charge is -2.23. The Balaban J connectivity index is 2.71. The lowest BCUT2D eigenvalue weighted by Crippen LogP contribution is -3.17. The molecule has 7 heteroatoms. The third-order valence-corrected chi connectivity index (χ3v) is 3.96. The second-order valence-electron chi connectivity index (χ2n) is 4.98. The van der Waals surface area contributed by atoms with E-state index in [1.165, 1.54) is 0 Å². The Morgan fingerprint density at radius 2 is 1.95 bits per heavy atom. The van der Waals surface area contributed by atoms with Crippen LogP contribution in [0.4, 0.5) is 5.69 Å². The molecule has 0 fully saturated rings. The van der Waals surface area contributed by atoms with Gasteiger partial charge in [0.2, 0.25) is 0 Å². The maximum atomic E-state index is 12.3. The summed E-state index contributed by atoms with van der Waals surface area (Å²) in [6, 6.07) is 4.51. The molecule has 2 amide bonds. The van der Waals surface area contributed by atoms with E-state index in [1.54, 1.807) is 25.1 Å². The zero-order valence-electron chi connectivity index (χ0n) is 13.0. The van der Waals surface area contributed by atoms with Gasteiger partial charge in [-0.05, 0) is 39.0 Å². The largest absolute Gasteiger partial charge is 0.351 e. The van der Waals surface area contributed by atoms with Crippen LogP contribution in [-0.4, -0.2) is 37.5 Å². The number of amides is 2. The Kier molecular flexibility index (Phi) is 7.65. The number of carbonyl (C=O) groups is 2. The Labute approximate surface area is 141 Å². The molecule has 1 aromatic carbocycles. The van der Waals surface area contributed by atoms with Crippen molar-refractivity contribution in [1.29, 1.82) is 0 Å². The van der Waals surface area contributed by atoms with Crippen molar-refractivity contribution in [3.05, 3.63) is 28.2 Å². The predicted molar refractivity (Wildman–Crippen MR) is 89.6 cm³/mol. The van der Waals surface area contributed by atoms with Crippen molar-refractivity contribution in [2.24, 2.45) is 0 Å². The minimum atomic E-state index is -0.376. The van der Waals surface area contributed by atoms with Gasteiger partial charge in [-0.2, -0.15) is 0 Å². The van der Waals surface area contributed by atoms with Crippen LogP contribution in [0.5, 0.6) is 0 Å². The number of quaternary nitrogens is 1. The Morgan fingerprint density at radius 3 is 2.50 bits per heavy atom. The minimum Gasteiger partial charge on any atom is -0.351 e. The fraction of sp³-hybridized carbons (Fsp3) is 0.467. The van der Waals surface area contributed by atoms with Gasteiger partial charge in [0.15, 0.2) is 12.6 Å². The molecule has 1 aromatic rings. The van der Waals surface area contributed by atoms with Crippen LogP contribution in [0, 0.1) is 0 Å². The highest BCUT2D eigenvalue weighted by Gasteiger charge is 2.26. The van der Waals surface area contributed by atoms with E-state index in [0.717, 1.165) is 4.90 Å². The van der Waals surface area contributed by atoms with E-state index in [0.29, 0.717) is 28.8 Å². The van der Waals surface area contributed by atoms with E-state index >= 15 is 0 Å². The molecule has 0 radical (unpaired) electrons. The molecule has 1 rings (SSSR count). The molecule has 22 heavy (non-hydrogen) atoms. The van der Waals surface area contributed by atoms with Gasteiger partial charge in [-0.3, -0.25) is 9.59 Å². The monoisotopic (exact) mass is 346 g/mol. The summed E-state index contributed by atoms with van der Waals surface area (Å²) >= 11 is 11.9. The van der Waals surface area contributed by atoms with Gasteiger partial charge in [0.1, 0.15) is 0 Å². The fourth-order valence-electron chi connectivity index (χ4n) is 2.07. The Bertz CT molecular complexity index is 538. The summed E-state index contributed by atoms with van der Waals surface area (Å²) in [7, 11) is 0.